The van der Waals surface area contributed by atoms with Gasteiger partial charge in [0.2, 0.25) is 0 Å². The van der Waals surface area contributed by atoms with Gasteiger partial charge in [0, 0.05) is 16.6 Å². The predicted octanol–water partition coefficient (Wildman–Crippen LogP) is 2.77. The summed E-state index contributed by atoms with van der Waals surface area (Å²) in [5.74, 6) is 0.886. The first-order valence-corrected chi connectivity index (χ1v) is 5.26. The van der Waals surface area contributed by atoms with Crippen LogP contribution < -0.4 is 10.1 Å². The van der Waals surface area contributed by atoms with Gasteiger partial charge in [0.25, 0.3) is 0 Å². The van der Waals surface area contributed by atoms with E-state index in [4.69, 9.17) is 16.3 Å². The molecule has 1 aromatic carbocycles. The van der Waals surface area contributed by atoms with Gasteiger partial charge in [0.15, 0.2) is 0 Å². The van der Waals surface area contributed by atoms with Crippen LogP contribution >= 0.6 is 11.6 Å². The molecule has 0 amide bonds. The fourth-order valence-electron chi connectivity index (χ4n) is 1.96. The van der Waals surface area contributed by atoms with E-state index in [-0.39, 0.29) is 0 Å². The minimum atomic E-state index is 0.360. The zero-order valence-electron chi connectivity index (χ0n) is 8.22. The molecule has 2 nitrogen and oxygen atoms in total. The topological polar surface area (TPSA) is 21.3 Å². The molecule has 1 heterocycles. The molecule has 76 valence electrons. The summed E-state index contributed by atoms with van der Waals surface area (Å²) in [4.78, 5) is 0. The van der Waals surface area contributed by atoms with E-state index in [1.54, 1.807) is 7.11 Å². The van der Waals surface area contributed by atoms with Gasteiger partial charge in [-0.15, -0.1) is 0 Å². The summed E-state index contributed by atoms with van der Waals surface area (Å²) in [7, 11) is 1.68. The van der Waals surface area contributed by atoms with Crippen molar-refractivity contribution in [3.8, 4) is 5.75 Å². The third kappa shape index (κ3) is 1.72. The molecule has 1 saturated heterocycles. The highest BCUT2D eigenvalue weighted by atomic mass is 35.5. The van der Waals surface area contributed by atoms with Crippen LogP contribution in [0.3, 0.4) is 0 Å². The lowest BCUT2D eigenvalue weighted by Gasteiger charge is -2.16. The van der Waals surface area contributed by atoms with Crippen molar-refractivity contribution in [2.45, 2.75) is 18.9 Å². The van der Waals surface area contributed by atoms with Crippen LogP contribution in [0.2, 0.25) is 5.02 Å². The van der Waals surface area contributed by atoms with Crippen molar-refractivity contribution in [2.75, 3.05) is 13.7 Å². The van der Waals surface area contributed by atoms with Gasteiger partial charge in [-0.1, -0.05) is 17.7 Å². The molecule has 0 spiro atoms. The van der Waals surface area contributed by atoms with Gasteiger partial charge in [-0.3, -0.25) is 0 Å². The molecular weight excluding hydrogens is 198 g/mol. The molecule has 1 atom stereocenters. The number of methoxy groups -OCH3 is 1. The van der Waals surface area contributed by atoms with Crippen molar-refractivity contribution < 1.29 is 4.74 Å². The highest BCUT2D eigenvalue weighted by molar-refractivity contribution is 6.31. The Labute approximate surface area is 89.2 Å². The fourth-order valence-corrected chi connectivity index (χ4v) is 2.26. The molecular formula is C11H14ClNO. The molecule has 0 aromatic heterocycles. The average Bonchev–Trinajstić information content (AvgIpc) is 2.70. The van der Waals surface area contributed by atoms with Crippen LogP contribution in [-0.2, 0) is 0 Å². The van der Waals surface area contributed by atoms with Gasteiger partial charge >= 0.3 is 0 Å². The first-order chi connectivity index (χ1) is 6.83. The van der Waals surface area contributed by atoms with Crippen molar-refractivity contribution in [3.05, 3.63) is 28.8 Å². The number of nitrogens with one attached hydrogen (secondary N) is 1. The number of benzene rings is 1. The van der Waals surface area contributed by atoms with Gasteiger partial charge in [0.1, 0.15) is 5.75 Å². The van der Waals surface area contributed by atoms with Crippen molar-refractivity contribution in [2.24, 2.45) is 0 Å². The maximum atomic E-state index is 6.17. The Bertz CT molecular complexity index is 321. The molecule has 1 aliphatic heterocycles. The molecule has 2 rings (SSSR count). The van der Waals surface area contributed by atoms with Crippen LogP contribution in [0.15, 0.2) is 18.2 Å². The SMILES string of the molecule is COc1cccc(Cl)c1[C@H]1CCCN1. The quantitative estimate of drug-likeness (QED) is 0.813. The Morgan fingerprint density at radius 1 is 1.50 bits per heavy atom. The lowest BCUT2D eigenvalue weighted by atomic mass is 10.0. The molecule has 14 heavy (non-hydrogen) atoms. The standard InChI is InChI=1S/C11H14ClNO/c1-14-10-6-2-4-8(12)11(10)9-5-3-7-13-9/h2,4,6,9,13H,3,5,7H2,1H3/t9-/m1/s1. The normalized spacial score (nSPS) is 21.1. The molecule has 0 aliphatic carbocycles. The maximum absolute atomic E-state index is 6.17. The van der Waals surface area contributed by atoms with Crippen molar-refractivity contribution in [1.29, 1.82) is 0 Å². The van der Waals surface area contributed by atoms with E-state index in [1.165, 1.54) is 6.42 Å². The Hall–Kier alpha value is -0.730. The summed E-state index contributed by atoms with van der Waals surface area (Å²) in [5, 5.41) is 4.22. The van der Waals surface area contributed by atoms with Gasteiger partial charge in [-0.05, 0) is 31.5 Å². The van der Waals surface area contributed by atoms with Crippen LogP contribution in [0.5, 0.6) is 5.75 Å². The minimum absolute atomic E-state index is 0.360. The van der Waals surface area contributed by atoms with Crippen LogP contribution in [0, 0.1) is 0 Å². The van der Waals surface area contributed by atoms with E-state index in [0.717, 1.165) is 29.3 Å². The van der Waals surface area contributed by atoms with Crippen LogP contribution in [0.1, 0.15) is 24.4 Å². The van der Waals surface area contributed by atoms with Crippen LogP contribution in [-0.4, -0.2) is 13.7 Å². The minimum Gasteiger partial charge on any atom is -0.496 e. The van der Waals surface area contributed by atoms with Crippen molar-refractivity contribution in [3.63, 3.8) is 0 Å². The number of hydrogen-bond acceptors (Lipinski definition) is 2. The lowest BCUT2D eigenvalue weighted by molar-refractivity contribution is 0.403. The summed E-state index contributed by atoms with van der Waals surface area (Å²) in [6, 6.07) is 6.15. The average molecular weight is 212 g/mol. The zero-order valence-corrected chi connectivity index (χ0v) is 8.97. The molecule has 0 saturated carbocycles. The summed E-state index contributed by atoms with van der Waals surface area (Å²) in [5.41, 5.74) is 1.11. The smallest absolute Gasteiger partial charge is 0.125 e. The monoisotopic (exact) mass is 211 g/mol. The Morgan fingerprint density at radius 3 is 3.00 bits per heavy atom. The molecule has 1 aromatic rings. The largest absolute Gasteiger partial charge is 0.496 e. The second-order valence-corrected chi connectivity index (χ2v) is 3.91. The molecule has 1 fully saturated rings. The summed E-state index contributed by atoms with van der Waals surface area (Å²) in [6.07, 6.45) is 2.35. The van der Waals surface area contributed by atoms with E-state index < -0.39 is 0 Å². The van der Waals surface area contributed by atoms with E-state index in [0.29, 0.717) is 6.04 Å². The van der Waals surface area contributed by atoms with Crippen LogP contribution in [0.4, 0.5) is 0 Å². The second kappa shape index (κ2) is 4.20. The third-order valence-electron chi connectivity index (χ3n) is 2.64. The first kappa shape index (κ1) is 9.81. The van der Waals surface area contributed by atoms with E-state index in [1.807, 2.05) is 18.2 Å². The highest BCUT2D eigenvalue weighted by Crippen LogP contribution is 2.35. The Balaban J connectivity index is 2.37. The van der Waals surface area contributed by atoms with Gasteiger partial charge in [-0.25, -0.2) is 0 Å². The Kier molecular flexibility index (Phi) is 2.94. The molecule has 1 N–H and O–H groups in total. The second-order valence-electron chi connectivity index (χ2n) is 3.50. The summed E-state index contributed by atoms with van der Waals surface area (Å²) in [6.45, 7) is 1.07. The number of hydrogen-bond donors (Lipinski definition) is 1. The van der Waals surface area contributed by atoms with Crippen molar-refractivity contribution >= 4 is 11.6 Å². The third-order valence-corrected chi connectivity index (χ3v) is 2.97. The molecule has 0 radical (unpaired) electrons. The first-order valence-electron chi connectivity index (χ1n) is 4.88. The van der Waals surface area contributed by atoms with Crippen LogP contribution in [0.25, 0.3) is 0 Å². The molecule has 0 unspecified atom stereocenters. The zero-order chi connectivity index (χ0) is 9.97. The number of halogens is 1. The molecule has 0 bridgehead atoms. The predicted molar refractivity (Wildman–Crippen MR) is 58.0 cm³/mol. The van der Waals surface area contributed by atoms with E-state index in [2.05, 4.69) is 5.32 Å². The van der Waals surface area contributed by atoms with E-state index >= 15 is 0 Å². The van der Waals surface area contributed by atoms with Crippen molar-refractivity contribution in [1.82, 2.24) is 5.32 Å². The van der Waals surface area contributed by atoms with Gasteiger partial charge < -0.3 is 10.1 Å². The van der Waals surface area contributed by atoms with E-state index in [9.17, 15) is 0 Å². The maximum Gasteiger partial charge on any atom is 0.125 e. The molecule has 3 heteroatoms. The number of ether oxygens (including phenoxy) is 1. The highest BCUT2D eigenvalue weighted by Gasteiger charge is 2.22. The Morgan fingerprint density at radius 2 is 2.36 bits per heavy atom. The molecule has 1 aliphatic rings. The lowest BCUT2D eigenvalue weighted by Crippen LogP contribution is -2.14. The fraction of sp³-hybridized carbons (Fsp3) is 0.455. The summed E-state index contributed by atoms with van der Waals surface area (Å²) < 4.78 is 5.31. The van der Waals surface area contributed by atoms with Gasteiger partial charge in [0.05, 0.1) is 7.11 Å². The summed E-state index contributed by atoms with van der Waals surface area (Å²) >= 11 is 6.17. The number of rotatable bonds is 2. The van der Waals surface area contributed by atoms with Gasteiger partial charge in [-0.2, -0.15) is 0 Å².